The van der Waals surface area contributed by atoms with Crippen molar-refractivity contribution in [1.82, 2.24) is 15.3 Å². The van der Waals surface area contributed by atoms with Crippen molar-refractivity contribution < 1.29 is 4.79 Å². The lowest BCUT2D eigenvalue weighted by molar-refractivity contribution is 0.0946. The maximum absolute atomic E-state index is 11.7. The average Bonchev–Trinajstić information content (AvgIpc) is 2.96. The van der Waals surface area contributed by atoms with E-state index in [1.807, 2.05) is 12.3 Å². The first-order chi connectivity index (χ1) is 8.16. The maximum Gasteiger partial charge on any atom is 0.271 e. The maximum atomic E-state index is 11.7. The van der Waals surface area contributed by atoms with Crippen LogP contribution in [0.25, 0.3) is 0 Å². The van der Waals surface area contributed by atoms with E-state index >= 15 is 0 Å². The second-order valence-electron chi connectivity index (χ2n) is 3.47. The molecule has 0 spiro atoms. The van der Waals surface area contributed by atoms with E-state index in [2.05, 4.69) is 15.3 Å². The number of hydrogen-bond donors (Lipinski definition) is 2. The summed E-state index contributed by atoms with van der Waals surface area (Å²) in [6.07, 6.45) is 1.71. The minimum absolute atomic E-state index is 0.138. The van der Waals surface area contributed by atoms with E-state index in [0.29, 0.717) is 12.2 Å². The zero-order valence-electron chi connectivity index (χ0n) is 9.21. The number of aromatic nitrogens is 2. The summed E-state index contributed by atoms with van der Waals surface area (Å²) in [7, 11) is 0. The van der Waals surface area contributed by atoms with Crippen LogP contribution in [-0.2, 0) is 6.54 Å². The number of nitrogens with two attached hydrogens (primary N) is 1. The average molecular weight is 268 g/mol. The van der Waals surface area contributed by atoms with Gasteiger partial charge in [-0.05, 0) is 6.92 Å². The summed E-state index contributed by atoms with van der Waals surface area (Å²) in [6.45, 7) is 2.28. The van der Waals surface area contributed by atoms with Crippen molar-refractivity contribution in [1.29, 1.82) is 0 Å². The van der Waals surface area contributed by atoms with Gasteiger partial charge in [-0.2, -0.15) is 0 Å². The molecule has 5 nitrogen and oxygen atoms in total. The highest BCUT2D eigenvalue weighted by molar-refractivity contribution is 7.10. The zero-order valence-corrected chi connectivity index (χ0v) is 10.8. The first-order valence-corrected chi connectivity index (χ1v) is 6.80. The predicted molar refractivity (Wildman–Crippen MR) is 68.0 cm³/mol. The Bertz CT molecular complexity index is 492. The van der Waals surface area contributed by atoms with Crippen molar-refractivity contribution in [3.63, 3.8) is 0 Å². The summed E-state index contributed by atoms with van der Waals surface area (Å²) in [5.74, 6) is -0.191. The standard InChI is InChI=1S/C10H12N4OS2/c1-6(11)10-14-7(5-17-10)9(15)13-4-8-12-2-3-16-8/h2-3,5-6H,4,11H2,1H3,(H,13,15). The Morgan fingerprint density at radius 2 is 2.41 bits per heavy atom. The molecule has 2 aromatic rings. The molecule has 0 saturated heterocycles. The molecule has 2 heterocycles. The summed E-state index contributed by atoms with van der Waals surface area (Å²) in [5.41, 5.74) is 6.10. The second-order valence-corrected chi connectivity index (χ2v) is 5.34. The number of rotatable bonds is 4. The van der Waals surface area contributed by atoms with Gasteiger partial charge in [0.2, 0.25) is 0 Å². The number of carbonyl (C=O) groups is 1. The fraction of sp³-hybridized carbons (Fsp3) is 0.300. The Morgan fingerprint density at radius 1 is 1.59 bits per heavy atom. The summed E-state index contributed by atoms with van der Waals surface area (Å²) in [4.78, 5) is 20.0. The third-order valence-electron chi connectivity index (χ3n) is 2.03. The fourth-order valence-electron chi connectivity index (χ4n) is 1.19. The summed E-state index contributed by atoms with van der Waals surface area (Å²) in [6, 6.07) is -0.138. The molecule has 1 amide bonds. The number of amides is 1. The van der Waals surface area contributed by atoms with Crippen LogP contribution in [0, 0.1) is 0 Å². The van der Waals surface area contributed by atoms with Gasteiger partial charge in [0.15, 0.2) is 0 Å². The van der Waals surface area contributed by atoms with Gasteiger partial charge in [-0.3, -0.25) is 4.79 Å². The fourth-order valence-corrected chi connectivity index (χ4v) is 2.50. The van der Waals surface area contributed by atoms with E-state index in [4.69, 9.17) is 5.73 Å². The van der Waals surface area contributed by atoms with E-state index in [-0.39, 0.29) is 11.9 Å². The molecule has 1 unspecified atom stereocenters. The van der Waals surface area contributed by atoms with E-state index in [9.17, 15) is 4.79 Å². The minimum atomic E-state index is -0.191. The molecule has 90 valence electrons. The van der Waals surface area contributed by atoms with Crippen LogP contribution in [0.1, 0.15) is 33.5 Å². The molecular weight excluding hydrogens is 256 g/mol. The van der Waals surface area contributed by atoms with Gasteiger partial charge in [-0.15, -0.1) is 22.7 Å². The third-order valence-corrected chi connectivity index (χ3v) is 3.85. The molecule has 0 radical (unpaired) electrons. The molecule has 0 aliphatic carbocycles. The molecule has 0 bridgehead atoms. The van der Waals surface area contributed by atoms with E-state index in [1.54, 1.807) is 11.6 Å². The van der Waals surface area contributed by atoms with Crippen molar-refractivity contribution in [3.8, 4) is 0 Å². The number of carbonyl (C=O) groups excluding carboxylic acids is 1. The highest BCUT2D eigenvalue weighted by atomic mass is 32.1. The normalized spacial score (nSPS) is 12.4. The third kappa shape index (κ3) is 3.09. The number of thiazole rings is 2. The summed E-state index contributed by atoms with van der Waals surface area (Å²) in [5, 5.41) is 8.00. The monoisotopic (exact) mass is 268 g/mol. The molecule has 7 heteroatoms. The summed E-state index contributed by atoms with van der Waals surface area (Å²) < 4.78 is 0. The van der Waals surface area contributed by atoms with E-state index in [0.717, 1.165) is 10.0 Å². The SMILES string of the molecule is CC(N)c1nc(C(=O)NCc2nccs2)cs1. The Balaban J connectivity index is 1.95. The second kappa shape index (κ2) is 5.35. The quantitative estimate of drug-likeness (QED) is 0.881. The number of nitrogens with one attached hydrogen (secondary N) is 1. The molecule has 2 aromatic heterocycles. The van der Waals surface area contributed by atoms with E-state index < -0.39 is 0 Å². The molecule has 0 aliphatic heterocycles. The van der Waals surface area contributed by atoms with Crippen LogP contribution < -0.4 is 11.1 Å². The Hall–Kier alpha value is -1.31. The van der Waals surface area contributed by atoms with Gasteiger partial charge in [-0.1, -0.05) is 0 Å². The lowest BCUT2D eigenvalue weighted by atomic mass is 10.4. The van der Waals surface area contributed by atoms with Gasteiger partial charge in [-0.25, -0.2) is 9.97 Å². The Labute approximate surface area is 107 Å². The lowest BCUT2D eigenvalue weighted by Crippen LogP contribution is -2.23. The van der Waals surface area contributed by atoms with Gasteiger partial charge >= 0.3 is 0 Å². The molecule has 3 N–H and O–H groups in total. The van der Waals surface area contributed by atoms with Crippen LogP contribution in [0.5, 0.6) is 0 Å². The molecule has 0 aliphatic rings. The van der Waals surface area contributed by atoms with Gasteiger partial charge in [0, 0.05) is 17.0 Å². The van der Waals surface area contributed by atoms with Crippen LogP contribution in [-0.4, -0.2) is 15.9 Å². The van der Waals surface area contributed by atoms with Gasteiger partial charge in [0.25, 0.3) is 5.91 Å². The van der Waals surface area contributed by atoms with Crippen LogP contribution >= 0.6 is 22.7 Å². The molecule has 0 saturated carbocycles. The largest absolute Gasteiger partial charge is 0.344 e. The van der Waals surface area contributed by atoms with E-state index in [1.165, 1.54) is 22.7 Å². The van der Waals surface area contributed by atoms with Crippen molar-refractivity contribution in [2.45, 2.75) is 19.5 Å². The Kier molecular flexibility index (Phi) is 3.82. The topological polar surface area (TPSA) is 80.9 Å². The first-order valence-electron chi connectivity index (χ1n) is 5.04. The van der Waals surface area contributed by atoms with Crippen LogP contribution in [0.4, 0.5) is 0 Å². The molecule has 17 heavy (non-hydrogen) atoms. The van der Waals surface area contributed by atoms with Crippen molar-refractivity contribution in [2.75, 3.05) is 0 Å². The Morgan fingerprint density at radius 3 is 3.00 bits per heavy atom. The summed E-state index contributed by atoms with van der Waals surface area (Å²) >= 11 is 2.91. The highest BCUT2D eigenvalue weighted by Crippen LogP contribution is 2.15. The van der Waals surface area contributed by atoms with Crippen molar-refractivity contribution in [3.05, 3.63) is 32.7 Å². The van der Waals surface area contributed by atoms with Crippen LogP contribution in [0.2, 0.25) is 0 Å². The first kappa shape index (κ1) is 12.2. The molecule has 0 fully saturated rings. The number of hydrogen-bond acceptors (Lipinski definition) is 6. The van der Waals surface area contributed by atoms with Crippen molar-refractivity contribution >= 4 is 28.6 Å². The van der Waals surface area contributed by atoms with Gasteiger partial charge < -0.3 is 11.1 Å². The van der Waals surface area contributed by atoms with Crippen LogP contribution in [0.15, 0.2) is 17.0 Å². The number of nitrogens with zero attached hydrogens (tertiary/aromatic N) is 2. The predicted octanol–water partition coefficient (Wildman–Crippen LogP) is 1.55. The lowest BCUT2D eigenvalue weighted by Gasteiger charge is -2.00. The molecule has 0 aromatic carbocycles. The van der Waals surface area contributed by atoms with Crippen LogP contribution in [0.3, 0.4) is 0 Å². The smallest absolute Gasteiger partial charge is 0.271 e. The minimum Gasteiger partial charge on any atom is -0.344 e. The molecule has 1 atom stereocenters. The van der Waals surface area contributed by atoms with Crippen molar-refractivity contribution in [2.24, 2.45) is 5.73 Å². The highest BCUT2D eigenvalue weighted by Gasteiger charge is 2.12. The van der Waals surface area contributed by atoms with Gasteiger partial charge in [0.1, 0.15) is 15.7 Å². The molecular formula is C10H12N4OS2. The van der Waals surface area contributed by atoms with Gasteiger partial charge in [0.05, 0.1) is 12.6 Å². The molecule has 2 rings (SSSR count). The zero-order chi connectivity index (χ0) is 12.3.